The van der Waals surface area contributed by atoms with Crippen LogP contribution < -0.4 is 4.90 Å². The van der Waals surface area contributed by atoms with E-state index in [2.05, 4.69) is 9.88 Å². The molecule has 20 heavy (non-hydrogen) atoms. The third-order valence-corrected chi connectivity index (χ3v) is 3.56. The Morgan fingerprint density at radius 2 is 1.95 bits per heavy atom. The van der Waals surface area contributed by atoms with Crippen molar-refractivity contribution in [2.24, 2.45) is 0 Å². The van der Waals surface area contributed by atoms with Gasteiger partial charge in [-0.1, -0.05) is 11.6 Å². The fourth-order valence-electron chi connectivity index (χ4n) is 2.27. The molecule has 0 saturated carbocycles. The van der Waals surface area contributed by atoms with Crippen LogP contribution in [0.2, 0.25) is 5.02 Å². The lowest BCUT2D eigenvalue weighted by atomic mass is 10.1. The average Bonchev–Trinajstić information content (AvgIpc) is 2.51. The Morgan fingerprint density at radius 3 is 2.75 bits per heavy atom. The van der Waals surface area contributed by atoms with Gasteiger partial charge in [-0.15, -0.1) is 0 Å². The van der Waals surface area contributed by atoms with Gasteiger partial charge in [-0.3, -0.25) is 0 Å². The summed E-state index contributed by atoms with van der Waals surface area (Å²) in [7, 11) is 0. The number of nitrogens with zero attached hydrogens (tertiary/aromatic N) is 2. The van der Waals surface area contributed by atoms with Crippen LogP contribution >= 0.6 is 11.6 Å². The Balaban J connectivity index is 1.96. The summed E-state index contributed by atoms with van der Waals surface area (Å²) < 4.78 is 19.2. The van der Waals surface area contributed by atoms with Crippen LogP contribution in [0, 0.1) is 5.82 Å². The highest BCUT2D eigenvalue weighted by molar-refractivity contribution is 6.30. The van der Waals surface area contributed by atoms with Crippen LogP contribution in [0.25, 0.3) is 11.1 Å². The normalized spacial score (nSPS) is 15.4. The van der Waals surface area contributed by atoms with Gasteiger partial charge in [-0.2, -0.15) is 0 Å². The minimum Gasteiger partial charge on any atom is -0.378 e. The SMILES string of the molecule is Fc1ccc(Cl)cc1-c1ccnc(N2CCOCC2)c1. The quantitative estimate of drug-likeness (QED) is 0.848. The molecule has 104 valence electrons. The van der Waals surface area contributed by atoms with Crippen molar-refractivity contribution >= 4 is 17.4 Å². The average molecular weight is 293 g/mol. The molecule has 0 N–H and O–H groups in total. The molecule has 1 saturated heterocycles. The summed E-state index contributed by atoms with van der Waals surface area (Å²) in [5, 5.41) is 0.520. The third-order valence-electron chi connectivity index (χ3n) is 3.32. The lowest BCUT2D eigenvalue weighted by Crippen LogP contribution is -2.36. The number of halogens is 2. The maximum absolute atomic E-state index is 13.9. The summed E-state index contributed by atoms with van der Waals surface area (Å²) in [6, 6.07) is 8.24. The zero-order chi connectivity index (χ0) is 13.9. The van der Waals surface area contributed by atoms with E-state index in [0.717, 1.165) is 24.5 Å². The maximum atomic E-state index is 13.9. The van der Waals surface area contributed by atoms with E-state index in [-0.39, 0.29) is 5.82 Å². The van der Waals surface area contributed by atoms with Gasteiger partial charge in [0.2, 0.25) is 0 Å². The van der Waals surface area contributed by atoms with Crippen LogP contribution in [-0.4, -0.2) is 31.3 Å². The standard InChI is InChI=1S/C15H14ClFN2O/c16-12-1-2-14(17)13(10-12)11-3-4-18-15(9-11)19-5-7-20-8-6-19/h1-4,9-10H,5-8H2. The Morgan fingerprint density at radius 1 is 1.15 bits per heavy atom. The fourth-order valence-corrected chi connectivity index (χ4v) is 2.44. The van der Waals surface area contributed by atoms with Gasteiger partial charge in [0, 0.05) is 29.9 Å². The van der Waals surface area contributed by atoms with E-state index < -0.39 is 0 Å². The number of morpholine rings is 1. The lowest BCUT2D eigenvalue weighted by Gasteiger charge is -2.28. The molecule has 0 atom stereocenters. The van der Waals surface area contributed by atoms with Crippen molar-refractivity contribution in [2.45, 2.75) is 0 Å². The van der Waals surface area contributed by atoms with Crippen molar-refractivity contribution in [3.8, 4) is 11.1 Å². The number of rotatable bonds is 2. The molecule has 1 aromatic heterocycles. The molecule has 1 aromatic carbocycles. The molecule has 0 unspecified atom stereocenters. The first-order valence-electron chi connectivity index (χ1n) is 6.48. The number of anilines is 1. The van der Waals surface area contributed by atoms with Gasteiger partial charge in [0.25, 0.3) is 0 Å². The zero-order valence-corrected chi connectivity index (χ0v) is 11.6. The van der Waals surface area contributed by atoms with Crippen molar-refractivity contribution in [1.29, 1.82) is 0 Å². The molecule has 0 spiro atoms. The summed E-state index contributed by atoms with van der Waals surface area (Å²) in [6.45, 7) is 2.98. The Bertz CT molecular complexity index is 615. The summed E-state index contributed by atoms with van der Waals surface area (Å²) in [4.78, 5) is 6.49. The fraction of sp³-hybridized carbons (Fsp3) is 0.267. The highest BCUT2D eigenvalue weighted by atomic mass is 35.5. The Kier molecular flexibility index (Phi) is 3.85. The van der Waals surface area contributed by atoms with Crippen LogP contribution in [0.1, 0.15) is 0 Å². The van der Waals surface area contributed by atoms with Gasteiger partial charge in [-0.25, -0.2) is 9.37 Å². The van der Waals surface area contributed by atoms with Crippen LogP contribution in [0.5, 0.6) is 0 Å². The number of ether oxygens (including phenoxy) is 1. The van der Waals surface area contributed by atoms with Crippen molar-refractivity contribution in [1.82, 2.24) is 4.98 Å². The number of benzene rings is 1. The first kappa shape index (κ1) is 13.3. The van der Waals surface area contributed by atoms with Crippen LogP contribution in [0.3, 0.4) is 0 Å². The van der Waals surface area contributed by atoms with E-state index >= 15 is 0 Å². The summed E-state index contributed by atoms with van der Waals surface area (Å²) in [5.41, 5.74) is 1.27. The molecule has 1 fully saturated rings. The smallest absolute Gasteiger partial charge is 0.131 e. The number of aromatic nitrogens is 1. The molecule has 2 aromatic rings. The van der Waals surface area contributed by atoms with E-state index in [1.54, 1.807) is 24.4 Å². The molecule has 0 bridgehead atoms. The van der Waals surface area contributed by atoms with Gasteiger partial charge in [0.05, 0.1) is 13.2 Å². The van der Waals surface area contributed by atoms with Gasteiger partial charge in [0.1, 0.15) is 11.6 Å². The van der Waals surface area contributed by atoms with Crippen LogP contribution in [0.15, 0.2) is 36.5 Å². The number of hydrogen-bond donors (Lipinski definition) is 0. The van der Waals surface area contributed by atoms with E-state index in [4.69, 9.17) is 16.3 Å². The van der Waals surface area contributed by atoms with Gasteiger partial charge < -0.3 is 9.64 Å². The van der Waals surface area contributed by atoms with Gasteiger partial charge >= 0.3 is 0 Å². The zero-order valence-electron chi connectivity index (χ0n) is 10.9. The molecular formula is C15H14ClFN2O. The second kappa shape index (κ2) is 5.77. The predicted octanol–water partition coefficient (Wildman–Crippen LogP) is 3.38. The van der Waals surface area contributed by atoms with Crippen molar-refractivity contribution < 1.29 is 9.13 Å². The minimum absolute atomic E-state index is 0.284. The molecule has 0 amide bonds. The summed E-state index contributed by atoms with van der Waals surface area (Å²) in [5.74, 6) is 0.554. The summed E-state index contributed by atoms with van der Waals surface area (Å²) >= 11 is 5.95. The molecule has 0 aliphatic carbocycles. The van der Waals surface area contributed by atoms with Gasteiger partial charge in [-0.05, 0) is 35.9 Å². The largest absolute Gasteiger partial charge is 0.378 e. The van der Waals surface area contributed by atoms with E-state index in [9.17, 15) is 4.39 Å². The molecule has 3 nitrogen and oxygen atoms in total. The highest BCUT2D eigenvalue weighted by Gasteiger charge is 2.14. The molecule has 1 aliphatic rings. The maximum Gasteiger partial charge on any atom is 0.131 e. The van der Waals surface area contributed by atoms with Crippen LogP contribution in [-0.2, 0) is 4.74 Å². The van der Waals surface area contributed by atoms with Crippen molar-refractivity contribution in [3.05, 3.63) is 47.4 Å². The highest BCUT2D eigenvalue weighted by Crippen LogP contribution is 2.28. The van der Waals surface area contributed by atoms with E-state index in [1.807, 2.05) is 6.07 Å². The number of pyridine rings is 1. The Hall–Kier alpha value is -1.65. The van der Waals surface area contributed by atoms with Crippen molar-refractivity contribution in [2.75, 3.05) is 31.2 Å². The second-order valence-electron chi connectivity index (χ2n) is 4.63. The molecular weight excluding hydrogens is 279 g/mol. The summed E-state index contributed by atoms with van der Waals surface area (Å²) in [6.07, 6.45) is 1.69. The number of hydrogen-bond acceptors (Lipinski definition) is 3. The minimum atomic E-state index is -0.284. The molecule has 5 heteroatoms. The first-order valence-corrected chi connectivity index (χ1v) is 6.86. The lowest BCUT2D eigenvalue weighted by molar-refractivity contribution is 0.122. The van der Waals surface area contributed by atoms with Gasteiger partial charge in [0.15, 0.2) is 0 Å². The third kappa shape index (κ3) is 2.76. The topological polar surface area (TPSA) is 25.4 Å². The molecule has 1 aliphatic heterocycles. The van der Waals surface area contributed by atoms with E-state index in [0.29, 0.717) is 23.8 Å². The first-order chi connectivity index (χ1) is 9.74. The second-order valence-corrected chi connectivity index (χ2v) is 5.06. The van der Waals surface area contributed by atoms with E-state index in [1.165, 1.54) is 6.07 Å². The molecule has 0 radical (unpaired) electrons. The monoisotopic (exact) mass is 292 g/mol. The Labute approximate surface area is 122 Å². The van der Waals surface area contributed by atoms with Crippen molar-refractivity contribution in [3.63, 3.8) is 0 Å². The molecule has 3 rings (SSSR count). The predicted molar refractivity (Wildman–Crippen MR) is 77.7 cm³/mol. The van der Waals surface area contributed by atoms with Crippen LogP contribution in [0.4, 0.5) is 10.2 Å². The molecule has 2 heterocycles.